The lowest BCUT2D eigenvalue weighted by atomic mass is 9.82. The maximum atomic E-state index is 12.0. The zero-order valence-electron chi connectivity index (χ0n) is 11.7. The van der Waals surface area contributed by atoms with Crippen molar-refractivity contribution in [3.63, 3.8) is 0 Å². The second-order valence-corrected chi connectivity index (χ2v) is 8.16. The van der Waals surface area contributed by atoms with Crippen LogP contribution < -0.4 is 4.72 Å². The monoisotopic (exact) mass is 260 g/mol. The molecule has 0 saturated carbocycles. The number of nitrogens with zero attached hydrogens (tertiary/aromatic N) is 1. The van der Waals surface area contributed by atoms with Crippen LogP contribution in [0.2, 0.25) is 0 Å². The molecule has 0 radical (unpaired) electrons. The molecular weight excluding hydrogens is 236 g/mol. The van der Waals surface area contributed by atoms with E-state index in [-0.39, 0.29) is 5.41 Å². The third-order valence-corrected chi connectivity index (χ3v) is 4.31. The first-order valence-electron chi connectivity index (χ1n) is 5.86. The van der Waals surface area contributed by atoms with Crippen LogP contribution in [0.4, 0.5) is 0 Å². The van der Waals surface area contributed by atoms with Crippen LogP contribution in [0.25, 0.3) is 0 Å². The first-order valence-corrected chi connectivity index (χ1v) is 7.40. The van der Waals surface area contributed by atoms with Gasteiger partial charge in [0.1, 0.15) is 0 Å². The van der Waals surface area contributed by atoms with E-state index in [1.165, 1.54) is 0 Å². The highest BCUT2D eigenvalue weighted by Gasteiger charge is 2.33. The second kappa shape index (κ2) is 5.36. The lowest BCUT2D eigenvalue weighted by Gasteiger charge is -2.33. The molecule has 0 fully saturated rings. The van der Waals surface area contributed by atoms with Crippen LogP contribution >= 0.6 is 0 Å². The molecule has 4 nitrogen and oxygen atoms in total. The van der Waals surface area contributed by atoms with Crippen LogP contribution in [-0.4, -0.2) is 19.2 Å². The van der Waals surface area contributed by atoms with Crippen LogP contribution in [0.15, 0.2) is 0 Å². The second-order valence-electron chi connectivity index (χ2n) is 6.29. The van der Waals surface area contributed by atoms with E-state index in [4.69, 9.17) is 5.26 Å². The summed E-state index contributed by atoms with van der Waals surface area (Å²) in [6, 6.07) is 1.83. The van der Waals surface area contributed by atoms with E-state index in [0.717, 1.165) is 0 Å². The van der Waals surface area contributed by atoms with E-state index in [9.17, 15) is 8.42 Å². The molecule has 0 aromatic carbocycles. The standard InChI is InChI=1S/C12H24N2O2S/c1-7-10(8-13)17(15,16)14-12(5,6)9-11(2,3)4/h10,14H,7,9H2,1-6H3. The first-order chi connectivity index (χ1) is 7.43. The maximum absolute atomic E-state index is 12.0. The third-order valence-electron chi connectivity index (χ3n) is 2.28. The minimum atomic E-state index is -3.56. The van der Waals surface area contributed by atoms with Gasteiger partial charge in [0.15, 0.2) is 5.25 Å². The molecule has 0 spiro atoms. The molecule has 0 rings (SSSR count). The Hall–Kier alpha value is -0.600. The average molecular weight is 260 g/mol. The summed E-state index contributed by atoms with van der Waals surface area (Å²) in [6.45, 7) is 11.6. The minimum Gasteiger partial charge on any atom is -0.211 e. The van der Waals surface area contributed by atoms with Crippen molar-refractivity contribution in [3.05, 3.63) is 0 Å². The average Bonchev–Trinajstić information content (AvgIpc) is 1.97. The summed E-state index contributed by atoms with van der Waals surface area (Å²) in [4.78, 5) is 0. The summed E-state index contributed by atoms with van der Waals surface area (Å²) < 4.78 is 26.6. The first kappa shape index (κ1) is 16.4. The third kappa shape index (κ3) is 6.04. The van der Waals surface area contributed by atoms with Crippen LogP contribution in [0.1, 0.15) is 54.4 Å². The Labute approximate surface area is 105 Å². The van der Waals surface area contributed by atoms with Crippen LogP contribution in [0, 0.1) is 16.7 Å². The van der Waals surface area contributed by atoms with Crippen LogP contribution in [0.5, 0.6) is 0 Å². The number of hydrogen-bond donors (Lipinski definition) is 1. The Morgan fingerprint density at radius 2 is 1.71 bits per heavy atom. The Morgan fingerprint density at radius 3 is 2.00 bits per heavy atom. The fourth-order valence-electron chi connectivity index (χ4n) is 2.20. The molecule has 0 aliphatic heterocycles. The van der Waals surface area contributed by atoms with E-state index in [1.54, 1.807) is 6.92 Å². The fraction of sp³-hybridized carbons (Fsp3) is 0.917. The van der Waals surface area contributed by atoms with Crippen molar-refractivity contribution < 1.29 is 8.42 Å². The summed E-state index contributed by atoms with van der Waals surface area (Å²) in [6.07, 6.45) is 1.01. The molecule has 1 unspecified atom stereocenters. The molecule has 5 heteroatoms. The predicted molar refractivity (Wildman–Crippen MR) is 69.9 cm³/mol. The molecule has 0 aliphatic carbocycles. The van der Waals surface area contributed by atoms with Crippen molar-refractivity contribution in [1.82, 2.24) is 4.72 Å². The zero-order valence-corrected chi connectivity index (χ0v) is 12.5. The van der Waals surface area contributed by atoms with E-state index in [1.807, 2.05) is 19.9 Å². The van der Waals surface area contributed by atoms with Crippen molar-refractivity contribution in [2.75, 3.05) is 0 Å². The van der Waals surface area contributed by atoms with E-state index < -0.39 is 20.8 Å². The van der Waals surface area contributed by atoms with Gasteiger partial charge in [-0.05, 0) is 32.1 Å². The van der Waals surface area contributed by atoms with E-state index in [2.05, 4.69) is 25.5 Å². The van der Waals surface area contributed by atoms with E-state index in [0.29, 0.717) is 12.8 Å². The fourth-order valence-corrected chi connectivity index (χ4v) is 3.76. The highest BCUT2D eigenvalue weighted by Crippen LogP contribution is 2.27. The minimum absolute atomic E-state index is 0.0281. The van der Waals surface area contributed by atoms with Crippen molar-refractivity contribution in [3.8, 4) is 6.07 Å². The molecule has 0 saturated heterocycles. The van der Waals surface area contributed by atoms with Crippen molar-refractivity contribution in [2.45, 2.75) is 65.2 Å². The summed E-state index contributed by atoms with van der Waals surface area (Å²) >= 11 is 0. The van der Waals surface area contributed by atoms with Gasteiger partial charge in [-0.15, -0.1) is 0 Å². The molecule has 0 bridgehead atoms. The number of nitriles is 1. The van der Waals surface area contributed by atoms with Gasteiger partial charge in [0.25, 0.3) is 0 Å². The van der Waals surface area contributed by atoms with E-state index >= 15 is 0 Å². The highest BCUT2D eigenvalue weighted by atomic mass is 32.2. The largest absolute Gasteiger partial charge is 0.228 e. The normalized spacial score (nSPS) is 15.4. The SMILES string of the molecule is CCC(C#N)S(=O)(=O)NC(C)(C)CC(C)(C)C. The Morgan fingerprint density at radius 1 is 1.24 bits per heavy atom. The quantitative estimate of drug-likeness (QED) is 0.825. The van der Waals surface area contributed by atoms with Crippen molar-refractivity contribution in [2.24, 2.45) is 5.41 Å². The lowest BCUT2D eigenvalue weighted by molar-refractivity contribution is 0.269. The molecule has 17 heavy (non-hydrogen) atoms. The maximum Gasteiger partial charge on any atom is 0.228 e. The van der Waals surface area contributed by atoms with Crippen molar-refractivity contribution >= 4 is 10.0 Å². The van der Waals surface area contributed by atoms with Gasteiger partial charge in [-0.3, -0.25) is 0 Å². The van der Waals surface area contributed by atoms with Gasteiger partial charge in [-0.1, -0.05) is 27.7 Å². The van der Waals surface area contributed by atoms with Gasteiger partial charge >= 0.3 is 0 Å². The molecule has 0 aromatic rings. The molecule has 1 N–H and O–H groups in total. The van der Waals surface area contributed by atoms with Crippen molar-refractivity contribution in [1.29, 1.82) is 5.26 Å². The summed E-state index contributed by atoms with van der Waals surface area (Å²) in [7, 11) is -3.56. The Bertz CT molecular complexity index is 386. The molecule has 0 heterocycles. The number of nitrogens with one attached hydrogen (secondary N) is 1. The summed E-state index contributed by atoms with van der Waals surface area (Å²) in [5, 5.41) is 7.85. The smallest absolute Gasteiger partial charge is 0.211 e. The molecule has 0 amide bonds. The van der Waals surface area contributed by atoms with Crippen LogP contribution in [-0.2, 0) is 10.0 Å². The summed E-state index contributed by atoms with van der Waals surface area (Å²) in [5.41, 5.74) is -0.512. The van der Waals surface area contributed by atoms with Gasteiger partial charge < -0.3 is 0 Å². The highest BCUT2D eigenvalue weighted by molar-refractivity contribution is 7.90. The zero-order chi connectivity index (χ0) is 13.9. The number of hydrogen-bond acceptors (Lipinski definition) is 3. The topological polar surface area (TPSA) is 70.0 Å². The molecule has 100 valence electrons. The van der Waals surface area contributed by atoms with Gasteiger partial charge in [0.2, 0.25) is 10.0 Å². The number of sulfonamides is 1. The molecule has 0 aromatic heterocycles. The lowest BCUT2D eigenvalue weighted by Crippen LogP contribution is -2.48. The molecule has 1 atom stereocenters. The summed E-state index contributed by atoms with van der Waals surface area (Å²) in [5.74, 6) is 0. The van der Waals surface area contributed by atoms with Gasteiger partial charge in [-0.25, -0.2) is 13.1 Å². The Balaban J connectivity index is 4.90. The van der Waals surface area contributed by atoms with Crippen LogP contribution in [0.3, 0.4) is 0 Å². The van der Waals surface area contributed by atoms with Gasteiger partial charge in [0, 0.05) is 5.54 Å². The van der Waals surface area contributed by atoms with Gasteiger partial charge in [-0.2, -0.15) is 5.26 Å². The van der Waals surface area contributed by atoms with Gasteiger partial charge in [0.05, 0.1) is 6.07 Å². The molecular formula is C12H24N2O2S. The predicted octanol–water partition coefficient (Wildman–Crippen LogP) is 2.42. The molecule has 0 aliphatic rings. The number of rotatable bonds is 5. The Kier molecular flexibility index (Phi) is 5.17.